The Hall–Kier alpha value is -6.16. The number of aliphatic hydroxyl groups is 1. The number of amides is 1. The summed E-state index contributed by atoms with van der Waals surface area (Å²) in [6, 6.07) is 10.6. The Balaban J connectivity index is 1.53. The largest absolute Gasteiger partial charge is 0.507 e. The van der Waals surface area contributed by atoms with Crippen LogP contribution in [0.2, 0.25) is 0 Å². The van der Waals surface area contributed by atoms with Crippen LogP contribution in [0.4, 0.5) is 0 Å². The number of hydrogen-bond donors (Lipinski definition) is 6. The fourth-order valence-corrected chi connectivity index (χ4v) is 3.90. The van der Waals surface area contributed by atoms with E-state index in [-0.39, 0.29) is 52.6 Å². The molecule has 2 aromatic carbocycles. The number of nitrogens with zero attached hydrogens (tertiary/aromatic N) is 7. The van der Waals surface area contributed by atoms with Crippen LogP contribution in [0, 0.1) is 0 Å². The minimum Gasteiger partial charge on any atom is -0.507 e. The van der Waals surface area contributed by atoms with E-state index in [9.17, 15) is 24.6 Å². The molecular formula is C26H20N8O8. The first-order chi connectivity index (χ1) is 20.1. The molecule has 16 heteroatoms. The molecular weight excluding hydrogens is 552 g/mol. The van der Waals surface area contributed by atoms with Crippen molar-refractivity contribution in [2.24, 2.45) is 0 Å². The summed E-state index contributed by atoms with van der Waals surface area (Å²) in [4.78, 5) is 39.7. The summed E-state index contributed by atoms with van der Waals surface area (Å²) in [5, 5.41) is 66.3. The van der Waals surface area contributed by atoms with Gasteiger partial charge in [0.25, 0.3) is 5.91 Å². The number of benzene rings is 2. The van der Waals surface area contributed by atoms with Crippen molar-refractivity contribution in [3.63, 3.8) is 0 Å². The Morgan fingerprint density at radius 3 is 1.60 bits per heavy atom. The van der Waals surface area contributed by atoms with E-state index in [1.807, 2.05) is 0 Å². The normalized spacial score (nSPS) is 10.9. The van der Waals surface area contributed by atoms with Gasteiger partial charge < -0.3 is 30.8 Å². The number of rotatable bonds is 9. The highest BCUT2D eigenvalue weighted by Gasteiger charge is 2.18. The fourth-order valence-electron chi connectivity index (χ4n) is 3.90. The van der Waals surface area contributed by atoms with Gasteiger partial charge in [0.2, 0.25) is 0 Å². The molecule has 0 fully saturated rings. The number of aliphatic hydroxyl groups excluding tert-OH is 1. The quantitative estimate of drug-likeness (QED) is 0.145. The van der Waals surface area contributed by atoms with Crippen molar-refractivity contribution >= 4 is 17.8 Å². The third kappa shape index (κ3) is 5.45. The van der Waals surface area contributed by atoms with Crippen molar-refractivity contribution in [2.75, 3.05) is 13.2 Å². The number of phenols is 2. The fraction of sp³-hybridized carbons (Fsp3) is 0.0769. The topological polar surface area (TPSA) is 239 Å². The predicted octanol–water partition coefficient (Wildman–Crippen LogP) is 1.11. The minimum absolute atomic E-state index is 0.00382. The Bertz CT molecular complexity index is 1730. The maximum atomic E-state index is 12.8. The average molecular weight is 572 g/mol. The molecule has 212 valence electrons. The summed E-state index contributed by atoms with van der Waals surface area (Å²) in [5.41, 5.74) is 1.06. The second kappa shape index (κ2) is 11.1. The van der Waals surface area contributed by atoms with Crippen molar-refractivity contribution in [1.82, 2.24) is 40.3 Å². The van der Waals surface area contributed by atoms with E-state index in [0.29, 0.717) is 11.4 Å². The van der Waals surface area contributed by atoms with Crippen molar-refractivity contribution in [3.8, 4) is 45.6 Å². The Morgan fingerprint density at radius 2 is 1.19 bits per heavy atom. The average Bonchev–Trinajstić information content (AvgIpc) is 3.66. The lowest BCUT2D eigenvalue weighted by atomic mass is 10.1. The van der Waals surface area contributed by atoms with E-state index in [0.717, 1.165) is 0 Å². The first kappa shape index (κ1) is 27.4. The second-order valence-corrected chi connectivity index (χ2v) is 8.72. The van der Waals surface area contributed by atoms with Gasteiger partial charge in [-0.25, -0.2) is 23.9 Å². The molecule has 0 aliphatic rings. The lowest BCUT2D eigenvalue weighted by molar-refractivity contribution is 0.0682. The van der Waals surface area contributed by atoms with Crippen LogP contribution in [0.1, 0.15) is 31.1 Å². The highest BCUT2D eigenvalue weighted by molar-refractivity contribution is 5.96. The number of carboxylic acid groups (broad SMARTS) is 2. The Labute approximate surface area is 234 Å². The summed E-state index contributed by atoms with van der Waals surface area (Å²) in [6.07, 6.45) is 2.92. The molecule has 16 nitrogen and oxygen atoms in total. The zero-order valence-electron chi connectivity index (χ0n) is 21.3. The summed E-state index contributed by atoms with van der Waals surface area (Å²) in [6.45, 7) is -0.274. The van der Waals surface area contributed by atoms with Gasteiger partial charge in [0.1, 0.15) is 34.0 Å². The molecule has 0 unspecified atom stereocenters. The first-order valence-corrected chi connectivity index (χ1v) is 12.0. The van der Waals surface area contributed by atoms with Crippen LogP contribution in [0.3, 0.4) is 0 Å². The number of carbonyl (C=O) groups is 3. The number of aromatic nitrogens is 7. The number of pyridine rings is 1. The molecule has 0 saturated heterocycles. The van der Waals surface area contributed by atoms with Crippen LogP contribution >= 0.6 is 0 Å². The first-order valence-electron chi connectivity index (χ1n) is 12.0. The molecule has 5 rings (SSSR count). The van der Waals surface area contributed by atoms with E-state index < -0.39 is 29.3 Å². The maximum absolute atomic E-state index is 12.8. The van der Waals surface area contributed by atoms with Crippen molar-refractivity contribution < 1.29 is 39.9 Å². The predicted molar refractivity (Wildman–Crippen MR) is 142 cm³/mol. The summed E-state index contributed by atoms with van der Waals surface area (Å²) in [7, 11) is 0. The molecule has 3 aromatic heterocycles. The third-order valence-corrected chi connectivity index (χ3v) is 5.95. The molecule has 1 amide bonds. The van der Waals surface area contributed by atoms with Gasteiger partial charge in [0.05, 0.1) is 41.8 Å². The molecule has 0 aliphatic heterocycles. The zero-order valence-corrected chi connectivity index (χ0v) is 21.3. The van der Waals surface area contributed by atoms with Gasteiger partial charge in [-0.15, -0.1) is 10.2 Å². The SMILES string of the molecule is O=C(NCCO)c1cc(-c2cn(-c3ccc(C(=O)O)c(O)c3)nn2)nc(-c2cn(-c3ccc(C(=O)O)c(O)c3)nn2)c1. The van der Waals surface area contributed by atoms with Crippen molar-refractivity contribution in [1.29, 1.82) is 0 Å². The molecule has 42 heavy (non-hydrogen) atoms. The molecule has 6 N–H and O–H groups in total. The van der Waals surface area contributed by atoms with Crippen molar-refractivity contribution in [2.45, 2.75) is 0 Å². The summed E-state index contributed by atoms with van der Waals surface area (Å²) < 4.78 is 2.56. The van der Waals surface area contributed by atoms with Crippen LogP contribution in [-0.2, 0) is 0 Å². The van der Waals surface area contributed by atoms with Crippen LogP contribution in [-0.4, -0.2) is 91.5 Å². The lowest BCUT2D eigenvalue weighted by Crippen LogP contribution is -2.26. The van der Waals surface area contributed by atoms with Crippen LogP contribution in [0.5, 0.6) is 11.5 Å². The standard InChI is InChI=1S/C26H20N8O8/c35-6-5-27-24(38)13-7-18(20-11-33(31-29-20)14-1-3-16(25(39)40)22(36)9-14)28-19(8-13)21-12-34(32-30-21)15-2-4-17(26(41)42)23(37)10-15/h1-4,7-12,35-37H,5-6H2,(H,27,38)(H,39,40)(H,41,42). The van der Waals surface area contributed by atoms with Gasteiger partial charge >= 0.3 is 11.9 Å². The van der Waals surface area contributed by atoms with Gasteiger partial charge in [-0.3, -0.25) is 4.79 Å². The van der Waals surface area contributed by atoms with Gasteiger partial charge in [-0.05, 0) is 36.4 Å². The van der Waals surface area contributed by atoms with E-state index in [1.54, 1.807) is 0 Å². The highest BCUT2D eigenvalue weighted by atomic mass is 16.4. The molecule has 0 aliphatic carbocycles. The molecule has 3 heterocycles. The Kier molecular flexibility index (Phi) is 7.27. The van der Waals surface area contributed by atoms with Gasteiger partial charge in [0, 0.05) is 24.2 Å². The van der Waals surface area contributed by atoms with Crippen LogP contribution < -0.4 is 5.32 Å². The van der Waals surface area contributed by atoms with E-state index in [1.165, 1.54) is 70.3 Å². The summed E-state index contributed by atoms with van der Waals surface area (Å²) >= 11 is 0. The smallest absolute Gasteiger partial charge is 0.339 e. The van der Waals surface area contributed by atoms with Gasteiger partial charge in [-0.1, -0.05) is 10.4 Å². The molecule has 0 bridgehead atoms. The number of carboxylic acids is 2. The van der Waals surface area contributed by atoms with E-state index in [2.05, 4.69) is 30.9 Å². The second-order valence-electron chi connectivity index (χ2n) is 8.72. The van der Waals surface area contributed by atoms with Crippen molar-refractivity contribution in [3.05, 3.63) is 77.6 Å². The molecule has 0 radical (unpaired) electrons. The van der Waals surface area contributed by atoms with E-state index >= 15 is 0 Å². The highest BCUT2D eigenvalue weighted by Crippen LogP contribution is 2.26. The molecule has 0 atom stereocenters. The monoisotopic (exact) mass is 572 g/mol. The molecule has 5 aromatic rings. The number of aromatic hydroxyl groups is 2. The molecule has 0 saturated carbocycles. The summed E-state index contributed by atoms with van der Waals surface area (Å²) in [5.74, 6) is -4.03. The zero-order chi connectivity index (χ0) is 30.0. The van der Waals surface area contributed by atoms with Gasteiger partial charge in [-0.2, -0.15) is 0 Å². The number of carbonyl (C=O) groups excluding carboxylic acids is 1. The minimum atomic E-state index is -1.29. The maximum Gasteiger partial charge on any atom is 0.339 e. The number of aromatic carboxylic acids is 2. The number of hydrogen-bond acceptors (Lipinski definition) is 11. The van der Waals surface area contributed by atoms with E-state index in [4.69, 9.17) is 15.3 Å². The molecule has 0 spiro atoms. The lowest BCUT2D eigenvalue weighted by Gasteiger charge is -2.07. The van der Waals surface area contributed by atoms with Crippen LogP contribution in [0.15, 0.2) is 60.9 Å². The van der Waals surface area contributed by atoms with Crippen LogP contribution in [0.25, 0.3) is 34.2 Å². The Morgan fingerprint density at radius 1 is 0.714 bits per heavy atom. The number of nitrogens with one attached hydrogen (secondary N) is 1. The third-order valence-electron chi connectivity index (χ3n) is 5.95. The van der Waals surface area contributed by atoms with Gasteiger partial charge in [0.15, 0.2) is 0 Å².